The van der Waals surface area contributed by atoms with E-state index in [2.05, 4.69) is 61.5 Å². The number of rotatable bonds is 4. The first-order valence-electron chi connectivity index (χ1n) is 9.95. The molecule has 3 heterocycles. The number of methoxy groups -OCH3 is 1. The van der Waals surface area contributed by atoms with Crippen molar-refractivity contribution in [2.75, 3.05) is 25.1 Å². The second kappa shape index (κ2) is 7.54. The van der Waals surface area contributed by atoms with Gasteiger partial charge in [0, 0.05) is 30.2 Å². The number of hydrogen-bond donors (Lipinski definition) is 1. The van der Waals surface area contributed by atoms with E-state index in [1.54, 1.807) is 13.4 Å². The molecule has 0 atom stereocenters. The fourth-order valence-electron chi connectivity index (χ4n) is 4.29. The summed E-state index contributed by atoms with van der Waals surface area (Å²) in [6.07, 6.45) is 7.56. The molecule has 1 saturated heterocycles. The summed E-state index contributed by atoms with van der Waals surface area (Å²) in [5.41, 5.74) is 4.46. The fourth-order valence-corrected chi connectivity index (χ4v) is 4.29. The third-order valence-electron chi connectivity index (χ3n) is 5.82. The highest BCUT2D eigenvalue weighted by atomic mass is 16.5. The lowest BCUT2D eigenvalue weighted by atomic mass is 9.88. The van der Waals surface area contributed by atoms with E-state index in [0.29, 0.717) is 5.92 Å². The Kier molecular flexibility index (Phi) is 4.60. The highest BCUT2D eigenvalue weighted by Gasteiger charge is 2.24. The number of ether oxygens (including phenoxy) is 1. The number of hydrogen-bond acceptors (Lipinski definition) is 5. The van der Waals surface area contributed by atoms with E-state index in [1.807, 2.05) is 18.5 Å². The average molecular weight is 385 g/mol. The maximum atomic E-state index is 5.57. The number of piperidine rings is 1. The number of para-hydroxylation sites is 1. The Balaban J connectivity index is 1.42. The summed E-state index contributed by atoms with van der Waals surface area (Å²) in [4.78, 5) is 11.5. The van der Waals surface area contributed by atoms with Crippen LogP contribution < -0.4 is 9.64 Å². The van der Waals surface area contributed by atoms with Crippen molar-refractivity contribution in [2.45, 2.75) is 18.8 Å². The smallest absolute Gasteiger partial charge is 0.139 e. The van der Waals surface area contributed by atoms with E-state index in [1.165, 1.54) is 5.56 Å². The molecule has 0 unspecified atom stereocenters. The Hall–Kier alpha value is -3.41. The van der Waals surface area contributed by atoms with Crippen LogP contribution in [0.3, 0.4) is 0 Å². The first-order valence-corrected chi connectivity index (χ1v) is 9.95. The van der Waals surface area contributed by atoms with Crippen molar-refractivity contribution in [2.24, 2.45) is 0 Å². The Morgan fingerprint density at radius 1 is 1.03 bits per heavy atom. The largest absolute Gasteiger partial charge is 0.496 e. The molecule has 5 rings (SSSR count). The fraction of sp³-hybridized carbons (Fsp3) is 0.261. The van der Waals surface area contributed by atoms with Crippen LogP contribution in [0.2, 0.25) is 0 Å². The molecule has 0 spiro atoms. The summed E-state index contributed by atoms with van der Waals surface area (Å²) in [5, 5.41) is 8.03. The van der Waals surface area contributed by atoms with Gasteiger partial charge in [0.05, 0.1) is 18.8 Å². The van der Waals surface area contributed by atoms with Crippen molar-refractivity contribution in [3.63, 3.8) is 0 Å². The number of nitrogens with one attached hydrogen (secondary N) is 1. The summed E-state index contributed by atoms with van der Waals surface area (Å²) in [5.74, 6) is 2.51. The molecule has 29 heavy (non-hydrogen) atoms. The number of anilines is 1. The lowest BCUT2D eigenvalue weighted by Crippen LogP contribution is -2.33. The minimum Gasteiger partial charge on any atom is -0.496 e. The average Bonchev–Trinajstić information content (AvgIpc) is 3.33. The molecule has 0 radical (unpaired) electrons. The number of fused-ring (bicyclic) bond motifs is 1. The zero-order valence-corrected chi connectivity index (χ0v) is 16.4. The summed E-state index contributed by atoms with van der Waals surface area (Å²) in [6, 6.07) is 14.7. The van der Waals surface area contributed by atoms with Gasteiger partial charge in [0.1, 0.15) is 17.9 Å². The SMILES string of the molecule is COc1ccccc1C1CCN(c2ncnc3ccc(-c4cn[nH]c4)cc23)CC1. The predicted octanol–water partition coefficient (Wildman–Crippen LogP) is 4.41. The minimum atomic E-state index is 0.511. The Morgan fingerprint density at radius 2 is 1.90 bits per heavy atom. The Labute approximate surface area is 169 Å². The summed E-state index contributed by atoms with van der Waals surface area (Å²) >= 11 is 0. The molecule has 0 aliphatic carbocycles. The zero-order valence-electron chi connectivity index (χ0n) is 16.4. The van der Waals surface area contributed by atoms with Gasteiger partial charge in [0.25, 0.3) is 0 Å². The number of aromatic amines is 1. The number of H-pyrrole nitrogens is 1. The van der Waals surface area contributed by atoms with Crippen LogP contribution in [0.4, 0.5) is 5.82 Å². The molecule has 2 aromatic carbocycles. The standard InChI is InChI=1S/C23H23N5O/c1-29-22-5-3-2-4-19(22)16-8-10-28(11-9-16)23-20-12-17(18-13-26-27-14-18)6-7-21(20)24-15-25-23/h2-7,12-16H,8-11H2,1H3,(H,26,27). The third kappa shape index (κ3) is 3.31. The molecule has 1 fully saturated rings. The van der Waals surface area contributed by atoms with Gasteiger partial charge < -0.3 is 9.64 Å². The highest BCUT2D eigenvalue weighted by Crippen LogP contribution is 2.36. The van der Waals surface area contributed by atoms with Crippen molar-refractivity contribution < 1.29 is 4.74 Å². The summed E-state index contributed by atoms with van der Waals surface area (Å²) < 4.78 is 5.57. The molecule has 0 bridgehead atoms. The van der Waals surface area contributed by atoms with Crippen LogP contribution in [0.1, 0.15) is 24.3 Å². The van der Waals surface area contributed by atoms with E-state index < -0.39 is 0 Å². The molecule has 0 amide bonds. The van der Waals surface area contributed by atoms with Gasteiger partial charge in [-0.1, -0.05) is 24.3 Å². The van der Waals surface area contributed by atoms with E-state index in [-0.39, 0.29) is 0 Å². The monoisotopic (exact) mass is 385 g/mol. The molecule has 4 aromatic rings. The predicted molar refractivity (Wildman–Crippen MR) is 114 cm³/mol. The van der Waals surface area contributed by atoms with Crippen molar-refractivity contribution in [3.8, 4) is 16.9 Å². The van der Waals surface area contributed by atoms with Gasteiger partial charge in [-0.25, -0.2) is 9.97 Å². The van der Waals surface area contributed by atoms with Gasteiger partial charge in [-0.3, -0.25) is 5.10 Å². The summed E-state index contributed by atoms with van der Waals surface area (Å²) in [7, 11) is 1.75. The first kappa shape index (κ1) is 17.7. The molecular formula is C23H23N5O. The Morgan fingerprint density at radius 3 is 2.69 bits per heavy atom. The van der Waals surface area contributed by atoms with Crippen molar-refractivity contribution >= 4 is 16.7 Å². The molecule has 1 aliphatic rings. The van der Waals surface area contributed by atoms with Crippen molar-refractivity contribution in [1.82, 2.24) is 20.2 Å². The van der Waals surface area contributed by atoms with Gasteiger partial charge >= 0.3 is 0 Å². The number of aromatic nitrogens is 4. The van der Waals surface area contributed by atoms with Crippen molar-refractivity contribution in [1.29, 1.82) is 0 Å². The second-order valence-corrected chi connectivity index (χ2v) is 7.42. The van der Waals surface area contributed by atoms with Gasteiger partial charge in [0.15, 0.2) is 0 Å². The molecule has 1 N–H and O–H groups in total. The van der Waals surface area contributed by atoms with E-state index in [0.717, 1.165) is 59.5 Å². The van der Waals surface area contributed by atoms with Gasteiger partial charge in [-0.2, -0.15) is 5.10 Å². The molecule has 1 aliphatic heterocycles. The Bertz CT molecular complexity index is 1120. The van der Waals surface area contributed by atoms with Crippen LogP contribution in [0.5, 0.6) is 5.75 Å². The third-order valence-corrected chi connectivity index (χ3v) is 5.82. The van der Waals surface area contributed by atoms with E-state index >= 15 is 0 Å². The first-order chi connectivity index (χ1) is 14.3. The minimum absolute atomic E-state index is 0.511. The van der Waals surface area contributed by atoms with Gasteiger partial charge in [0.2, 0.25) is 0 Å². The zero-order chi connectivity index (χ0) is 19.6. The van der Waals surface area contributed by atoms with Gasteiger partial charge in [-0.15, -0.1) is 0 Å². The van der Waals surface area contributed by atoms with Crippen LogP contribution in [-0.4, -0.2) is 40.4 Å². The normalized spacial score (nSPS) is 15.0. The maximum Gasteiger partial charge on any atom is 0.139 e. The second-order valence-electron chi connectivity index (χ2n) is 7.42. The van der Waals surface area contributed by atoms with E-state index in [9.17, 15) is 0 Å². The quantitative estimate of drug-likeness (QED) is 0.563. The maximum absolute atomic E-state index is 5.57. The van der Waals surface area contributed by atoms with Crippen LogP contribution in [0.25, 0.3) is 22.0 Å². The molecule has 6 nitrogen and oxygen atoms in total. The molecule has 2 aromatic heterocycles. The lowest BCUT2D eigenvalue weighted by Gasteiger charge is -2.34. The topological polar surface area (TPSA) is 66.9 Å². The summed E-state index contributed by atoms with van der Waals surface area (Å²) in [6.45, 7) is 1.93. The van der Waals surface area contributed by atoms with Crippen LogP contribution in [-0.2, 0) is 0 Å². The highest BCUT2D eigenvalue weighted by molar-refractivity contribution is 5.92. The van der Waals surface area contributed by atoms with Crippen LogP contribution in [0, 0.1) is 0 Å². The van der Waals surface area contributed by atoms with Gasteiger partial charge in [-0.05, 0) is 48.1 Å². The molecule has 146 valence electrons. The van der Waals surface area contributed by atoms with Crippen LogP contribution in [0.15, 0.2) is 61.2 Å². The lowest BCUT2D eigenvalue weighted by molar-refractivity contribution is 0.397. The van der Waals surface area contributed by atoms with Crippen molar-refractivity contribution in [3.05, 3.63) is 66.7 Å². The number of benzene rings is 2. The molecule has 6 heteroatoms. The van der Waals surface area contributed by atoms with Crippen LogP contribution >= 0.6 is 0 Å². The number of nitrogens with zero attached hydrogens (tertiary/aromatic N) is 4. The molecule has 0 saturated carbocycles. The van der Waals surface area contributed by atoms with E-state index in [4.69, 9.17) is 4.74 Å². The molecular weight excluding hydrogens is 362 g/mol.